The van der Waals surface area contributed by atoms with Gasteiger partial charge in [-0.05, 0) is 62.4 Å². The fourth-order valence-corrected chi connectivity index (χ4v) is 2.56. The highest BCUT2D eigenvalue weighted by Gasteiger charge is 2.02. The molecular weight excluding hydrogens is 270 g/mol. The van der Waals surface area contributed by atoms with E-state index < -0.39 is 0 Å². The number of hydrogen-bond acceptors (Lipinski definition) is 2. The normalized spacial score (nSPS) is 12.1. The Labute approximate surface area is 134 Å². The predicted molar refractivity (Wildman–Crippen MR) is 93.5 cm³/mol. The Balaban J connectivity index is 1.59. The first-order valence-corrected chi connectivity index (χ1v) is 8.18. The molecule has 1 atom stereocenters. The van der Waals surface area contributed by atoms with Crippen LogP contribution in [0.3, 0.4) is 0 Å². The number of methoxy groups -OCH3 is 1. The first kappa shape index (κ1) is 16.6. The molecular formula is C20H27NO. The Morgan fingerprint density at radius 1 is 0.909 bits per heavy atom. The molecule has 2 aromatic carbocycles. The van der Waals surface area contributed by atoms with E-state index in [0.29, 0.717) is 6.04 Å². The van der Waals surface area contributed by atoms with E-state index in [9.17, 15) is 0 Å². The molecule has 0 aliphatic rings. The predicted octanol–water partition coefficient (Wildman–Crippen LogP) is 4.24. The number of aryl methyl sites for hydroxylation is 2. The fourth-order valence-electron chi connectivity index (χ4n) is 2.56. The summed E-state index contributed by atoms with van der Waals surface area (Å²) in [6, 6.07) is 19.6. The van der Waals surface area contributed by atoms with Crippen LogP contribution in [0, 0.1) is 0 Å². The van der Waals surface area contributed by atoms with Gasteiger partial charge in [-0.15, -0.1) is 0 Å². The number of hydrogen-bond donors (Lipinski definition) is 1. The van der Waals surface area contributed by atoms with Gasteiger partial charge in [0.1, 0.15) is 5.75 Å². The molecule has 2 nitrogen and oxygen atoms in total. The third-order valence-electron chi connectivity index (χ3n) is 4.00. The second-order valence-corrected chi connectivity index (χ2v) is 5.83. The minimum atomic E-state index is 0.566. The lowest BCUT2D eigenvalue weighted by Gasteiger charge is -2.13. The summed E-state index contributed by atoms with van der Waals surface area (Å²) in [5, 5.41) is 3.62. The van der Waals surface area contributed by atoms with E-state index in [1.807, 2.05) is 12.1 Å². The van der Waals surface area contributed by atoms with E-state index >= 15 is 0 Å². The van der Waals surface area contributed by atoms with Crippen molar-refractivity contribution >= 4 is 0 Å². The van der Waals surface area contributed by atoms with E-state index in [2.05, 4.69) is 54.7 Å². The van der Waals surface area contributed by atoms with Crippen LogP contribution >= 0.6 is 0 Å². The zero-order valence-electron chi connectivity index (χ0n) is 13.7. The van der Waals surface area contributed by atoms with Crippen molar-refractivity contribution in [1.82, 2.24) is 5.32 Å². The van der Waals surface area contributed by atoms with Crippen molar-refractivity contribution in [3.63, 3.8) is 0 Å². The van der Waals surface area contributed by atoms with Crippen molar-refractivity contribution in [2.75, 3.05) is 13.7 Å². The topological polar surface area (TPSA) is 21.3 Å². The summed E-state index contributed by atoms with van der Waals surface area (Å²) in [5.74, 6) is 0.927. The molecule has 0 aliphatic heterocycles. The number of benzene rings is 2. The van der Waals surface area contributed by atoms with Crippen molar-refractivity contribution in [1.29, 1.82) is 0 Å². The van der Waals surface area contributed by atoms with E-state index in [1.165, 1.54) is 24.0 Å². The molecule has 1 unspecified atom stereocenters. The first-order chi connectivity index (χ1) is 10.8. The molecule has 2 rings (SSSR count). The molecule has 0 heterocycles. The van der Waals surface area contributed by atoms with Gasteiger partial charge in [-0.2, -0.15) is 0 Å². The maximum absolute atomic E-state index is 5.18. The molecule has 0 saturated heterocycles. The summed E-state index contributed by atoms with van der Waals surface area (Å²) in [6.07, 6.45) is 4.62. The number of rotatable bonds is 9. The molecule has 0 radical (unpaired) electrons. The molecule has 1 N–H and O–H groups in total. The second-order valence-electron chi connectivity index (χ2n) is 5.83. The average Bonchev–Trinajstić information content (AvgIpc) is 2.58. The Morgan fingerprint density at radius 3 is 2.27 bits per heavy atom. The SMILES string of the molecule is COc1ccc(CCCNC(C)CCc2ccccc2)cc1. The van der Waals surface area contributed by atoms with Crippen LogP contribution in [0.25, 0.3) is 0 Å². The van der Waals surface area contributed by atoms with Crippen molar-refractivity contribution in [3.05, 3.63) is 65.7 Å². The highest BCUT2D eigenvalue weighted by molar-refractivity contribution is 5.27. The molecule has 0 aliphatic carbocycles. The Kier molecular flexibility index (Phi) is 6.98. The molecule has 0 bridgehead atoms. The lowest BCUT2D eigenvalue weighted by molar-refractivity contribution is 0.414. The van der Waals surface area contributed by atoms with Crippen LogP contribution in [0.1, 0.15) is 30.9 Å². The van der Waals surface area contributed by atoms with Crippen molar-refractivity contribution in [2.45, 2.75) is 38.6 Å². The van der Waals surface area contributed by atoms with Crippen LogP contribution in [0.5, 0.6) is 5.75 Å². The van der Waals surface area contributed by atoms with Gasteiger partial charge < -0.3 is 10.1 Å². The standard InChI is InChI=1S/C20H27NO/c1-17(10-11-18-7-4-3-5-8-18)21-16-6-9-19-12-14-20(22-2)15-13-19/h3-5,7-8,12-15,17,21H,6,9-11,16H2,1-2H3. The van der Waals surface area contributed by atoms with Gasteiger partial charge in [-0.25, -0.2) is 0 Å². The Hall–Kier alpha value is -1.80. The van der Waals surface area contributed by atoms with Crippen LogP contribution in [-0.4, -0.2) is 19.7 Å². The average molecular weight is 297 g/mol. The van der Waals surface area contributed by atoms with Gasteiger partial charge in [0.2, 0.25) is 0 Å². The van der Waals surface area contributed by atoms with Crippen molar-refractivity contribution in [2.24, 2.45) is 0 Å². The van der Waals surface area contributed by atoms with Gasteiger partial charge in [0, 0.05) is 6.04 Å². The maximum atomic E-state index is 5.18. The van der Waals surface area contributed by atoms with E-state index in [-0.39, 0.29) is 0 Å². The molecule has 2 heteroatoms. The smallest absolute Gasteiger partial charge is 0.118 e. The van der Waals surface area contributed by atoms with Gasteiger partial charge in [0.15, 0.2) is 0 Å². The minimum Gasteiger partial charge on any atom is -0.497 e. The summed E-state index contributed by atoms with van der Waals surface area (Å²) < 4.78 is 5.18. The van der Waals surface area contributed by atoms with Gasteiger partial charge in [0.25, 0.3) is 0 Å². The van der Waals surface area contributed by atoms with E-state index in [0.717, 1.165) is 25.1 Å². The van der Waals surface area contributed by atoms with Gasteiger partial charge in [-0.1, -0.05) is 42.5 Å². The molecule has 0 saturated carbocycles. The third kappa shape index (κ3) is 5.90. The summed E-state index contributed by atoms with van der Waals surface area (Å²) in [5.41, 5.74) is 2.80. The Morgan fingerprint density at radius 2 is 1.59 bits per heavy atom. The highest BCUT2D eigenvalue weighted by atomic mass is 16.5. The third-order valence-corrected chi connectivity index (χ3v) is 4.00. The van der Waals surface area contributed by atoms with Crippen molar-refractivity contribution in [3.8, 4) is 5.75 Å². The molecule has 0 fully saturated rings. The maximum Gasteiger partial charge on any atom is 0.118 e. The van der Waals surface area contributed by atoms with Gasteiger partial charge in [-0.3, -0.25) is 0 Å². The molecule has 0 spiro atoms. The Bertz CT molecular complexity index is 521. The fraction of sp³-hybridized carbons (Fsp3) is 0.400. The number of nitrogens with one attached hydrogen (secondary N) is 1. The summed E-state index contributed by atoms with van der Waals surface area (Å²) >= 11 is 0. The molecule has 0 aromatic heterocycles. The first-order valence-electron chi connectivity index (χ1n) is 8.18. The lowest BCUT2D eigenvalue weighted by Crippen LogP contribution is -2.27. The molecule has 22 heavy (non-hydrogen) atoms. The molecule has 2 aromatic rings. The van der Waals surface area contributed by atoms with E-state index in [1.54, 1.807) is 7.11 Å². The second kappa shape index (κ2) is 9.26. The quantitative estimate of drug-likeness (QED) is 0.699. The summed E-state index contributed by atoms with van der Waals surface area (Å²) in [7, 11) is 1.70. The van der Waals surface area contributed by atoms with Crippen LogP contribution in [0.4, 0.5) is 0 Å². The summed E-state index contributed by atoms with van der Waals surface area (Å²) in [4.78, 5) is 0. The highest BCUT2D eigenvalue weighted by Crippen LogP contribution is 2.12. The zero-order chi connectivity index (χ0) is 15.6. The van der Waals surface area contributed by atoms with Crippen LogP contribution in [0.15, 0.2) is 54.6 Å². The number of ether oxygens (including phenoxy) is 1. The zero-order valence-corrected chi connectivity index (χ0v) is 13.7. The lowest BCUT2D eigenvalue weighted by atomic mass is 10.1. The monoisotopic (exact) mass is 297 g/mol. The van der Waals surface area contributed by atoms with E-state index in [4.69, 9.17) is 4.74 Å². The van der Waals surface area contributed by atoms with Gasteiger partial charge in [0.05, 0.1) is 7.11 Å². The van der Waals surface area contributed by atoms with Crippen LogP contribution in [0.2, 0.25) is 0 Å². The van der Waals surface area contributed by atoms with Crippen LogP contribution in [-0.2, 0) is 12.8 Å². The van der Waals surface area contributed by atoms with Crippen molar-refractivity contribution < 1.29 is 4.74 Å². The van der Waals surface area contributed by atoms with Gasteiger partial charge >= 0.3 is 0 Å². The summed E-state index contributed by atoms with van der Waals surface area (Å²) in [6.45, 7) is 3.35. The van der Waals surface area contributed by atoms with Crippen LogP contribution < -0.4 is 10.1 Å². The largest absolute Gasteiger partial charge is 0.497 e. The minimum absolute atomic E-state index is 0.566. The molecule has 0 amide bonds. The molecule has 118 valence electrons.